The van der Waals surface area contributed by atoms with Crippen LogP contribution < -0.4 is 5.56 Å². The van der Waals surface area contributed by atoms with E-state index >= 15 is 0 Å². The summed E-state index contributed by atoms with van der Waals surface area (Å²) in [5, 5.41) is 13.8. The molecule has 0 unspecified atom stereocenters. The fourth-order valence-electron chi connectivity index (χ4n) is 3.44. The summed E-state index contributed by atoms with van der Waals surface area (Å²) in [7, 11) is 0. The first-order chi connectivity index (χ1) is 15.2. The first-order valence-corrected chi connectivity index (χ1v) is 9.63. The second-order valence-electron chi connectivity index (χ2n) is 7.19. The number of alkyl halides is 3. The summed E-state index contributed by atoms with van der Waals surface area (Å²) >= 11 is 0. The molecule has 32 heavy (non-hydrogen) atoms. The Morgan fingerprint density at radius 3 is 2.69 bits per heavy atom. The van der Waals surface area contributed by atoms with Crippen molar-refractivity contribution in [1.82, 2.24) is 24.3 Å². The first kappa shape index (κ1) is 21.3. The lowest BCUT2D eigenvalue weighted by atomic mass is 10.1. The lowest BCUT2D eigenvalue weighted by Crippen LogP contribution is -2.23. The van der Waals surface area contributed by atoms with Crippen LogP contribution in [0.2, 0.25) is 0 Å². The van der Waals surface area contributed by atoms with Crippen molar-refractivity contribution >= 4 is 11.0 Å². The van der Waals surface area contributed by atoms with Gasteiger partial charge in [0.1, 0.15) is 17.5 Å². The van der Waals surface area contributed by atoms with Crippen molar-refractivity contribution in [2.45, 2.75) is 32.6 Å². The molecule has 0 aliphatic heterocycles. The van der Waals surface area contributed by atoms with Crippen molar-refractivity contribution in [2.75, 3.05) is 0 Å². The highest BCUT2D eigenvalue weighted by Crippen LogP contribution is 2.31. The number of nitriles is 1. The summed E-state index contributed by atoms with van der Waals surface area (Å²) in [4.78, 5) is 19.9. The molecule has 0 spiro atoms. The van der Waals surface area contributed by atoms with Crippen LogP contribution in [0, 0.1) is 17.1 Å². The summed E-state index contributed by atoms with van der Waals surface area (Å²) < 4.78 is 54.7. The van der Waals surface area contributed by atoms with Gasteiger partial charge in [0.2, 0.25) is 5.82 Å². The van der Waals surface area contributed by atoms with Crippen molar-refractivity contribution in [3.63, 3.8) is 0 Å². The van der Waals surface area contributed by atoms with Crippen LogP contribution in [0.25, 0.3) is 22.3 Å². The standard InChI is InChI=1S/C21H16F4N6O/c1-2-5-31-18(8-26)29-19-14(20(31)32)7-17(28-19)13-9-27-30(11-13)10-12-3-4-15(16(22)6-12)21(23,24)25/h3-4,6-7,9,11,28H,2,5,10H2,1H3. The topological polar surface area (TPSA) is 92.3 Å². The minimum atomic E-state index is -4.76. The van der Waals surface area contributed by atoms with E-state index in [1.165, 1.54) is 21.5 Å². The number of benzene rings is 1. The summed E-state index contributed by atoms with van der Waals surface area (Å²) in [6.07, 6.45) is -0.986. The third kappa shape index (κ3) is 3.87. The number of aromatic nitrogens is 5. The molecule has 4 rings (SSSR count). The zero-order valence-corrected chi connectivity index (χ0v) is 16.7. The maximum absolute atomic E-state index is 13.8. The molecule has 164 valence electrons. The number of nitrogens with zero attached hydrogens (tertiary/aromatic N) is 5. The summed E-state index contributed by atoms with van der Waals surface area (Å²) in [5.74, 6) is -1.33. The zero-order valence-electron chi connectivity index (χ0n) is 16.7. The van der Waals surface area contributed by atoms with Crippen molar-refractivity contribution < 1.29 is 17.6 Å². The Bertz CT molecular complexity index is 1410. The predicted octanol–water partition coefficient (Wildman–Crippen LogP) is 4.08. The van der Waals surface area contributed by atoms with E-state index in [0.717, 1.165) is 6.07 Å². The van der Waals surface area contributed by atoms with Gasteiger partial charge in [-0.2, -0.15) is 23.5 Å². The second-order valence-corrected chi connectivity index (χ2v) is 7.19. The van der Waals surface area contributed by atoms with Crippen LogP contribution in [0.1, 0.15) is 30.3 Å². The Morgan fingerprint density at radius 2 is 2.03 bits per heavy atom. The molecule has 0 atom stereocenters. The van der Waals surface area contributed by atoms with E-state index in [1.54, 1.807) is 12.3 Å². The molecule has 1 aromatic carbocycles. The van der Waals surface area contributed by atoms with E-state index in [9.17, 15) is 27.6 Å². The number of H-pyrrole nitrogens is 1. The number of nitrogens with one attached hydrogen (secondary N) is 1. The largest absolute Gasteiger partial charge is 0.419 e. The number of hydrogen-bond acceptors (Lipinski definition) is 4. The average Bonchev–Trinajstić information content (AvgIpc) is 3.36. The van der Waals surface area contributed by atoms with Crippen molar-refractivity contribution in [2.24, 2.45) is 0 Å². The van der Waals surface area contributed by atoms with E-state index in [4.69, 9.17) is 0 Å². The van der Waals surface area contributed by atoms with Crippen LogP contribution >= 0.6 is 0 Å². The molecule has 1 N–H and O–H groups in total. The van der Waals surface area contributed by atoms with Gasteiger partial charge in [-0.3, -0.25) is 14.0 Å². The van der Waals surface area contributed by atoms with Crippen LogP contribution in [0.15, 0.2) is 41.5 Å². The van der Waals surface area contributed by atoms with E-state index in [-0.39, 0.29) is 23.6 Å². The molecule has 0 saturated carbocycles. The number of halogens is 4. The highest BCUT2D eigenvalue weighted by Gasteiger charge is 2.33. The highest BCUT2D eigenvalue weighted by molar-refractivity contribution is 5.82. The third-order valence-electron chi connectivity index (χ3n) is 4.92. The van der Waals surface area contributed by atoms with Crippen LogP contribution in [-0.4, -0.2) is 24.3 Å². The van der Waals surface area contributed by atoms with Crippen molar-refractivity contribution in [1.29, 1.82) is 5.26 Å². The van der Waals surface area contributed by atoms with Gasteiger partial charge in [-0.05, 0) is 30.2 Å². The van der Waals surface area contributed by atoms with Crippen LogP contribution in [0.4, 0.5) is 17.6 Å². The Kier molecular flexibility index (Phi) is 5.30. The molecule has 11 heteroatoms. The van der Waals surface area contributed by atoms with E-state index in [1.807, 2.05) is 13.0 Å². The van der Waals surface area contributed by atoms with Gasteiger partial charge >= 0.3 is 6.18 Å². The third-order valence-corrected chi connectivity index (χ3v) is 4.92. The number of fused-ring (bicyclic) bond motifs is 1. The van der Waals surface area contributed by atoms with Crippen LogP contribution in [0.5, 0.6) is 0 Å². The zero-order chi connectivity index (χ0) is 23.0. The first-order valence-electron chi connectivity index (χ1n) is 9.63. The average molecular weight is 444 g/mol. The Balaban J connectivity index is 1.64. The molecule has 0 aliphatic carbocycles. The molecule has 0 bridgehead atoms. The second kappa shape index (κ2) is 7.96. The SMILES string of the molecule is CCCn1c(C#N)nc2[nH]c(-c3cnn(Cc4ccc(C(F)(F)F)c(F)c4)c3)cc2c1=O. The maximum Gasteiger partial charge on any atom is 0.419 e. The van der Waals surface area contributed by atoms with Gasteiger partial charge in [-0.15, -0.1) is 0 Å². The van der Waals surface area contributed by atoms with Gasteiger partial charge in [0.25, 0.3) is 5.56 Å². The van der Waals surface area contributed by atoms with Gasteiger partial charge in [0.05, 0.1) is 29.4 Å². The van der Waals surface area contributed by atoms with Gasteiger partial charge in [-0.25, -0.2) is 9.37 Å². The lowest BCUT2D eigenvalue weighted by Gasteiger charge is -2.09. The summed E-state index contributed by atoms with van der Waals surface area (Å²) in [5.41, 5.74) is 0.0564. The van der Waals surface area contributed by atoms with E-state index in [2.05, 4.69) is 15.1 Å². The minimum absolute atomic E-state index is 0.0118. The monoisotopic (exact) mass is 444 g/mol. The lowest BCUT2D eigenvalue weighted by molar-refractivity contribution is -0.140. The molecular formula is C21H16F4N6O. The summed E-state index contributed by atoms with van der Waals surface area (Å²) in [6, 6.07) is 6.26. The van der Waals surface area contributed by atoms with E-state index < -0.39 is 17.6 Å². The van der Waals surface area contributed by atoms with Gasteiger partial charge < -0.3 is 4.98 Å². The quantitative estimate of drug-likeness (QED) is 0.470. The molecule has 3 aromatic heterocycles. The molecular weight excluding hydrogens is 428 g/mol. The highest BCUT2D eigenvalue weighted by atomic mass is 19.4. The predicted molar refractivity (Wildman–Crippen MR) is 107 cm³/mol. The molecule has 0 aliphatic rings. The van der Waals surface area contributed by atoms with Gasteiger partial charge in [0, 0.05) is 18.3 Å². The molecule has 3 heterocycles. The van der Waals surface area contributed by atoms with E-state index in [0.29, 0.717) is 41.2 Å². The van der Waals surface area contributed by atoms with Gasteiger partial charge in [-0.1, -0.05) is 13.0 Å². The molecule has 0 amide bonds. The molecule has 0 saturated heterocycles. The maximum atomic E-state index is 13.8. The molecule has 7 nitrogen and oxygen atoms in total. The van der Waals surface area contributed by atoms with Crippen molar-refractivity contribution in [3.8, 4) is 17.3 Å². The number of hydrogen-bond donors (Lipinski definition) is 1. The Labute approximate surface area is 178 Å². The summed E-state index contributed by atoms with van der Waals surface area (Å²) in [6.45, 7) is 2.31. The number of aromatic amines is 1. The molecule has 0 fully saturated rings. The van der Waals surface area contributed by atoms with Crippen LogP contribution in [0.3, 0.4) is 0 Å². The van der Waals surface area contributed by atoms with Crippen molar-refractivity contribution in [3.05, 3.63) is 69.8 Å². The normalized spacial score (nSPS) is 11.8. The Morgan fingerprint density at radius 1 is 1.25 bits per heavy atom. The van der Waals surface area contributed by atoms with Crippen LogP contribution in [-0.2, 0) is 19.3 Å². The molecule has 4 aromatic rings. The molecule has 0 radical (unpaired) electrons. The Hall–Kier alpha value is -3.94. The fourth-order valence-corrected chi connectivity index (χ4v) is 3.44. The minimum Gasteiger partial charge on any atom is -0.339 e. The smallest absolute Gasteiger partial charge is 0.339 e. The fraction of sp³-hybridized carbons (Fsp3) is 0.238. The van der Waals surface area contributed by atoms with Gasteiger partial charge in [0.15, 0.2) is 0 Å². The number of rotatable bonds is 5.